The summed E-state index contributed by atoms with van der Waals surface area (Å²) < 4.78 is 5.52. The molecule has 1 aliphatic heterocycles. The molecule has 2 heteroatoms. The van der Waals surface area contributed by atoms with Crippen LogP contribution in [-0.4, -0.2) is 17.5 Å². The Hall–Kier alpha value is -0.370. The van der Waals surface area contributed by atoms with Crippen LogP contribution in [0.25, 0.3) is 0 Å². The molecule has 58 valence electrons. The fourth-order valence-electron chi connectivity index (χ4n) is 1.37. The summed E-state index contributed by atoms with van der Waals surface area (Å²) >= 11 is 0. The van der Waals surface area contributed by atoms with Crippen LogP contribution in [0.2, 0.25) is 0 Å². The van der Waals surface area contributed by atoms with Crippen molar-refractivity contribution in [1.29, 1.82) is 0 Å². The van der Waals surface area contributed by atoms with Gasteiger partial charge in [0.1, 0.15) is 5.60 Å². The van der Waals surface area contributed by atoms with Crippen LogP contribution in [-0.2, 0) is 9.53 Å². The highest BCUT2D eigenvalue weighted by atomic mass is 16.5. The summed E-state index contributed by atoms with van der Waals surface area (Å²) in [6, 6.07) is 0. The minimum Gasteiger partial charge on any atom is -0.362 e. The van der Waals surface area contributed by atoms with Crippen LogP contribution >= 0.6 is 0 Å². The van der Waals surface area contributed by atoms with Crippen LogP contribution in [0.1, 0.15) is 33.6 Å². The zero-order chi connectivity index (χ0) is 7.83. The van der Waals surface area contributed by atoms with E-state index in [1.54, 1.807) is 0 Å². The first-order valence-electron chi connectivity index (χ1n) is 3.64. The van der Waals surface area contributed by atoms with Gasteiger partial charge in [0.05, 0.1) is 5.60 Å². The predicted molar refractivity (Wildman–Crippen MR) is 38.9 cm³/mol. The molecule has 0 N–H and O–H groups in total. The lowest BCUT2D eigenvalue weighted by Gasteiger charge is -2.22. The molecule has 0 radical (unpaired) electrons. The number of ether oxygens (including phenoxy) is 1. The molecule has 0 amide bonds. The van der Waals surface area contributed by atoms with E-state index >= 15 is 0 Å². The summed E-state index contributed by atoms with van der Waals surface area (Å²) in [6.45, 7) is 5.87. The van der Waals surface area contributed by atoms with E-state index in [0.717, 1.165) is 19.1 Å². The molecule has 2 nitrogen and oxygen atoms in total. The molecular formula is C8H14O2. The van der Waals surface area contributed by atoms with Gasteiger partial charge < -0.3 is 9.53 Å². The van der Waals surface area contributed by atoms with Crippen molar-refractivity contribution >= 4 is 6.29 Å². The highest BCUT2D eigenvalue weighted by Gasteiger charge is 2.40. The van der Waals surface area contributed by atoms with Crippen molar-refractivity contribution in [2.75, 3.05) is 0 Å². The van der Waals surface area contributed by atoms with Gasteiger partial charge in [-0.25, -0.2) is 0 Å². The summed E-state index contributed by atoms with van der Waals surface area (Å²) in [6.07, 6.45) is 2.73. The molecule has 1 heterocycles. The first-order valence-corrected chi connectivity index (χ1v) is 3.64. The maximum atomic E-state index is 10.5. The van der Waals surface area contributed by atoms with E-state index in [0.29, 0.717) is 0 Å². The number of hydrogen-bond donors (Lipinski definition) is 0. The number of aldehydes is 1. The average molecular weight is 142 g/mol. The van der Waals surface area contributed by atoms with Crippen molar-refractivity contribution in [2.45, 2.75) is 44.8 Å². The van der Waals surface area contributed by atoms with Gasteiger partial charge in [-0.15, -0.1) is 0 Å². The van der Waals surface area contributed by atoms with Crippen molar-refractivity contribution < 1.29 is 9.53 Å². The van der Waals surface area contributed by atoms with Gasteiger partial charge in [-0.3, -0.25) is 0 Å². The summed E-state index contributed by atoms with van der Waals surface area (Å²) in [5.41, 5.74) is -0.612. The molecule has 1 saturated heterocycles. The topological polar surface area (TPSA) is 26.3 Å². The van der Waals surface area contributed by atoms with E-state index in [1.165, 1.54) is 0 Å². The van der Waals surface area contributed by atoms with Crippen LogP contribution in [0, 0.1) is 0 Å². The maximum absolute atomic E-state index is 10.5. The normalized spacial score (nSPS) is 37.9. The molecule has 0 aliphatic carbocycles. The minimum absolute atomic E-state index is 0.102. The Labute approximate surface area is 61.6 Å². The standard InChI is InChI=1S/C8H14O2/c1-7(2)4-5-8(3,6-9)10-7/h6H,4-5H2,1-3H3. The zero-order valence-corrected chi connectivity index (χ0v) is 6.81. The minimum atomic E-state index is -0.510. The third-order valence-corrected chi connectivity index (χ3v) is 1.98. The Morgan fingerprint density at radius 1 is 1.30 bits per heavy atom. The van der Waals surface area contributed by atoms with Gasteiger partial charge in [0.15, 0.2) is 6.29 Å². The summed E-state index contributed by atoms with van der Waals surface area (Å²) in [7, 11) is 0. The maximum Gasteiger partial charge on any atom is 0.151 e. The first kappa shape index (κ1) is 7.73. The van der Waals surface area contributed by atoms with Crippen molar-refractivity contribution in [1.82, 2.24) is 0 Å². The SMILES string of the molecule is CC1(C)CCC(C)(C=O)O1. The highest BCUT2D eigenvalue weighted by Crippen LogP contribution is 2.35. The average Bonchev–Trinajstić information content (AvgIpc) is 2.08. The Bertz CT molecular complexity index is 151. The van der Waals surface area contributed by atoms with Crippen LogP contribution < -0.4 is 0 Å². The lowest BCUT2D eigenvalue weighted by Crippen LogP contribution is -2.30. The van der Waals surface area contributed by atoms with Gasteiger partial charge in [0.2, 0.25) is 0 Å². The number of carbonyl (C=O) groups excluding carboxylic acids is 1. The second kappa shape index (κ2) is 2.06. The van der Waals surface area contributed by atoms with Crippen molar-refractivity contribution in [3.63, 3.8) is 0 Å². The third-order valence-electron chi connectivity index (χ3n) is 1.98. The zero-order valence-electron chi connectivity index (χ0n) is 6.81. The van der Waals surface area contributed by atoms with E-state index < -0.39 is 5.60 Å². The van der Waals surface area contributed by atoms with Crippen molar-refractivity contribution in [3.05, 3.63) is 0 Å². The van der Waals surface area contributed by atoms with E-state index in [2.05, 4.69) is 0 Å². The summed E-state index contributed by atoms with van der Waals surface area (Å²) in [5.74, 6) is 0. The molecule has 1 fully saturated rings. The van der Waals surface area contributed by atoms with Gasteiger partial charge in [0.25, 0.3) is 0 Å². The van der Waals surface area contributed by atoms with Gasteiger partial charge in [-0.2, -0.15) is 0 Å². The number of hydrogen-bond acceptors (Lipinski definition) is 2. The lowest BCUT2D eigenvalue weighted by atomic mass is 10.0. The monoisotopic (exact) mass is 142 g/mol. The molecule has 0 spiro atoms. The van der Waals surface area contributed by atoms with Crippen LogP contribution in [0.5, 0.6) is 0 Å². The quantitative estimate of drug-likeness (QED) is 0.519. The van der Waals surface area contributed by atoms with E-state index in [1.807, 2.05) is 20.8 Å². The third kappa shape index (κ3) is 1.37. The number of carbonyl (C=O) groups is 1. The Balaban J connectivity index is 2.66. The van der Waals surface area contributed by atoms with Gasteiger partial charge in [-0.1, -0.05) is 0 Å². The molecule has 0 aromatic carbocycles. The van der Waals surface area contributed by atoms with Crippen molar-refractivity contribution in [2.24, 2.45) is 0 Å². The van der Waals surface area contributed by atoms with Gasteiger partial charge >= 0.3 is 0 Å². The van der Waals surface area contributed by atoms with Crippen LogP contribution in [0.3, 0.4) is 0 Å². The summed E-state index contributed by atoms with van der Waals surface area (Å²) in [5, 5.41) is 0. The predicted octanol–water partition coefficient (Wildman–Crippen LogP) is 1.53. The Kier molecular flexibility index (Phi) is 1.59. The van der Waals surface area contributed by atoms with E-state index in [9.17, 15) is 4.79 Å². The Morgan fingerprint density at radius 3 is 2.10 bits per heavy atom. The molecule has 0 aromatic rings. The second-order valence-corrected chi connectivity index (χ2v) is 3.79. The molecule has 0 aromatic heterocycles. The van der Waals surface area contributed by atoms with E-state index in [4.69, 9.17) is 4.74 Å². The second-order valence-electron chi connectivity index (χ2n) is 3.79. The summed E-state index contributed by atoms with van der Waals surface area (Å²) in [4.78, 5) is 10.5. The van der Waals surface area contributed by atoms with Crippen LogP contribution in [0.15, 0.2) is 0 Å². The first-order chi connectivity index (χ1) is 4.47. The fourth-order valence-corrected chi connectivity index (χ4v) is 1.37. The molecular weight excluding hydrogens is 128 g/mol. The smallest absolute Gasteiger partial charge is 0.151 e. The molecule has 1 atom stereocenters. The Morgan fingerprint density at radius 2 is 1.90 bits per heavy atom. The van der Waals surface area contributed by atoms with Gasteiger partial charge in [0, 0.05) is 0 Å². The van der Waals surface area contributed by atoms with Gasteiger partial charge in [-0.05, 0) is 33.6 Å². The lowest BCUT2D eigenvalue weighted by molar-refractivity contribution is -0.134. The molecule has 0 bridgehead atoms. The van der Waals surface area contributed by atoms with Crippen molar-refractivity contribution in [3.8, 4) is 0 Å². The number of rotatable bonds is 1. The molecule has 10 heavy (non-hydrogen) atoms. The van der Waals surface area contributed by atoms with Crippen LogP contribution in [0.4, 0.5) is 0 Å². The molecule has 1 rings (SSSR count). The fraction of sp³-hybridized carbons (Fsp3) is 0.875. The van der Waals surface area contributed by atoms with E-state index in [-0.39, 0.29) is 5.60 Å². The molecule has 1 unspecified atom stereocenters. The highest BCUT2D eigenvalue weighted by molar-refractivity contribution is 5.62. The molecule has 1 aliphatic rings. The largest absolute Gasteiger partial charge is 0.362 e. The molecule has 0 saturated carbocycles.